The maximum Gasteiger partial charge on any atom is 0.328 e. The molecule has 126 valence electrons. The summed E-state index contributed by atoms with van der Waals surface area (Å²) in [5.41, 5.74) is 0.356. The highest BCUT2D eigenvalue weighted by molar-refractivity contribution is 5.79. The highest BCUT2D eigenvalue weighted by Gasteiger charge is 2.07. The number of halogens is 2. The standard InChI is InChI=1S/C17H15F2NO4/c1-11-7-14(9-16(21)20(11)6-2-3-17(22)23)24-10-12-4-5-13(18)8-15(12)19/h2-5,7-9H,6,10H2,1H3,(H,22,23)/b3-2+. The second-order valence-corrected chi connectivity index (χ2v) is 5.05. The fourth-order valence-corrected chi connectivity index (χ4v) is 2.07. The van der Waals surface area contributed by atoms with Crippen LogP contribution in [-0.2, 0) is 17.9 Å². The predicted octanol–water partition coefficient (Wildman–Crippen LogP) is 2.65. The molecule has 0 aliphatic rings. The second kappa shape index (κ2) is 7.54. The Labute approximate surface area is 136 Å². The van der Waals surface area contributed by atoms with Crippen LogP contribution in [0.2, 0.25) is 0 Å². The predicted molar refractivity (Wildman–Crippen MR) is 82.9 cm³/mol. The van der Waals surface area contributed by atoms with Crippen molar-refractivity contribution < 1.29 is 23.4 Å². The Hall–Kier alpha value is -2.96. The van der Waals surface area contributed by atoms with Gasteiger partial charge in [-0.15, -0.1) is 0 Å². The molecule has 0 aliphatic heterocycles. The summed E-state index contributed by atoms with van der Waals surface area (Å²) in [5, 5.41) is 8.54. The number of carboxylic acids is 1. The van der Waals surface area contributed by atoms with Crippen molar-refractivity contribution in [3.63, 3.8) is 0 Å². The first-order chi connectivity index (χ1) is 11.4. The van der Waals surface area contributed by atoms with Crippen LogP contribution < -0.4 is 10.3 Å². The molecule has 7 heteroatoms. The first kappa shape index (κ1) is 17.4. The maximum atomic E-state index is 13.5. The minimum atomic E-state index is -1.10. The van der Waals surface area contributed by atoms with Crippen LogP contribution >= 0.6 is 0 Å². The fraction of sp³-hybridized carbons (Fsp3) is 0.176. The quantitative estimate of drug-likeness (QED) is 0.824. The van der Waals surface area contributed by atoms with Crippen LogP contribution in [0.15, 0.2) is 47.3 Å². The lowest BCUT2D eigenvalue weighted by Crippen LogP contribution is -2.21. The Kier molecular flexibility index (Phi) is 5.47. The van der Waals surface area contributed by atoms with Gasteiger partial charge in [-0.2, -0.15) is 0 Å². The molecule has 2 rings (SSSR count). The van der Waals surface area contributed by atoms with Crippen molar-refractivity contribution in [2.75, 3.05) is 0 Å². The van der Waals surface area contributed by atoms with Gasteiger partial charge in [-0.25, -0.2) is 13.6 Å². The molecule has 0 saturated carbocycles. The second-order valence-electron chi connectivity index (χ2n) is 5.05. The zero-order chi connectivity index (χ0) is 17.7. The minimum absolute atomic E-state index is 0.115. The Morgan fingerprint density at radius 1 is 1.29 bits per heavy atom. The molecule has 0 aliphatic carbocycles. The lowest BCUT2D eigenvalue weighted by molar-refractivity contribution is -0.131. The van der Waals surface area contributed by atoms with Crippen LogP contribution in [0.25, 0.3) is 0 Å². The van der Waals surface area contributed by atoms with Crippen molar-refractivity contribution in [2.24, 2.45) is 0 Å². The van der Waals surface area contributed by atoms with Gasteiger partial charge in [0.1, 0.15) is 24.0 Å². The van der Waals surface area contributed by atoms with E-state index in [9.17, 15) is 18.4 Å². The van der Waals surface area contributed by atoms with Crippen LogP contribution in [-0.4, -0.2) is 15.6 Å². The fourth-order valence-electron chi connectivity index (χ4n) is 2.07. The van der Waals surface area contributed by atoms with E-state index in [0.29, 0.717) is 5.69 Å². The van der Waals surface area contributed by atoms with Gasteiger partial charge in [0.05, 0.1) is 0 Å². The SMILES string of the molecule is Cc1cc(OCc2ccc(F)cc2F)cc(=O)n1C/C=C/C(=O)O. The number of aryl methyl sites for hydroxylation is 1. The van der Waals surface area contributed by atoms with Crippen molar-refractivity contribution in [3.8, 4) is 5.75 Å². The molecule has 1 aromatic heterocycles. The summed E-state index contributed by atoms with van der Waals surface area (Å²) < 4.78 is 33.1. The summed E-state index contributed by atoms with van der Waals surface area (Å²) >= 11 is 0. The van der Waals surface area contributed by atoms with E-state index in [0.717, 1.165) is 18.2 Å². The average molecular weight is 335 g/mol. The van der Waals surface area contributed by atoms with E-state index in [1.807, 2.05) is 0 Å². The number of carbonyl (C=O) groups is 1. The molecular weight excluding hydrogens is 320 g/mol. The molecule has 0 radical (unpaired) electrons. The van der Waals surface area contributed by atoms with Crippen molar-refractivity contribution in [1.29, 1.82) is 0 Å². The van der Waals surface area contributed by atoms with E-state index in [-0.39, 0.29) is 30.0 Å². The first-order valence-electron chi connectivity index (χ1n) is 7.04. The topological polar surface area (TPSA) is 68.5 Å². The molecule has 24 heavy (non-hydrogen) atoms. The maximum absolute atomic E-state index is 13.5. The molecule has 0 fully saturated rings. The van der Waals surface area contributed by atoms with Crippen molar-refractivity contribution in [3.05, 3.63) is 75.7 Å². The lowest BCUT2D eigenvalue weighted by Gasteiger charge is -2.11. The molecule has 0 bridgehead atoms. The van der Waals surface area contributed by atoms with Crippen LogP contribution in [0.4, 0.5) is 8.78 Å². The molecule has 1 aromatic carbocycles. The molecule has 0 atom stereocenters. The largest absolute Gasteiger partial charge is 0.489 e. The van der Waals surface area contributed by atoms with Gasteiger partial charge in [-0.1, -0.05) is 6.08 Å². The molecule has 0 unspecified atom stereocenters. The van der Waals surface area contributed by atoms with Gasteiger partial charge in [0.25, 0.3) is 5.56 Å². The van der Waals surface area contributed by atoms with E-state index in [1.165, 1.54) is 22.8 Å². The van der Waals surface area contributed by atoms with Crippen LogP contribution in [0.1, 0.15) is 11.3 Å². The number of allylic oxidation sites excluding steroid dienone is 1. The molecule has 0 saturated heterocycles. The van der Waals surface area contributed by atoms with E-state index >= 15 is 0 Å². The van der Waals surface area contributed by atoms with E-state index in [4.69, 9.17) is 9.84 Å². The zero-order valence-electron chi connectivity index (χ0n) is 12.8. The first-order valence-corrected chi connectivity index (χ1v) is 7.04. The third-order valence-corrected chi connectivity index (χ3v) is 3.27. The van der Waals surface area contributed by atoms with Gasteiger partial charge in [0, 0.05) is 36.0 Å². The van der Waals surface area contributed by atoms with Gasteiger partial charge in [0.15, 0.2) is 0 Å². The number of aliphatic carboxylic acids is 1. The van der Waals surface area contributed by atoms with Crippen LogP contribution in [0.3, 0.4) is 0 Å². The number of nitrogens with zero attached hydrogens (tertiary/aromatic N) is 1. The molecular formula is C17H15F2NO4. The number of rotatable bonds is 6. The summed E-state index contributed by atoms with van der Waals surface area (Å²) in [6.07, 6.45) is 2.30. The van der Waals surface area contributed by atoms with Crippen molar-refractivity contribution in [2.45, 2.75) is 20.1 Å². The molecule has 1 N–H and O–H groups in total. The van der Waals surface area contributed by atoms with Crippen LogP contribution in [0.5, 0.6) is 5.75 Å². The Bertz CT molecular complexity index is 843. The highest BCUT2D eigenvalue weighted by atomic mass is 19.1. The number of carboxylic acid groups (broad SMARTS) is 1. The van der Waals surface area contributed by atoms with E-state index in [1.54, 1.807) is 13.0 Å². The summed E-state index contributed by atoms with van der Waals surface area (Å²) in [7, 11) is 0. The molecule has 0 amide bonds. The zero-order valence-corrected chi connectivity index (χ0v) is 12.8. The number of benzene rings is 1. The highest BCUT2D eigenvalue weighted by Crippen LogP contribution is 2.15. The summed E-state index contributed by atoms with van der Waals surface area (Å²) in [6.45, 7) is 1.64. The Morgan fingerprint density at radius 3 is 2.67 bits per heavy atom. The smallest absolute Gasteiger partial charge is 0.328 e. The number of hydrogen-bond acceptors (Lipinski definition) is 3. The molecule has 1 heterocycles. The van der Waals surface area contributed by atoms with Crippen molar-refractivity contribution in [1.82, 2.24) is 4.57 Å². The summed E-state index contributed by atoms with van der Waals surface area (Å²) in [6, 6.07) is 5.96. The van der Waals surface area contributed by atoms with E-state index in [2.05, 4.69) is 0 Å². The molecule has 5 nitrogen and oxygen atoms in total. The number of ether oxygens (including phenoxy) is 1. The molecule has 2 aromatic rings. The number of hydrogen-bond donors (Lipinski definition) is 1. The lowest BCUT2D eigenvalue weighted by atomic mass is 10.2. The van der Waals surface area contributed by atoms with Gasteiger partial charge < -0.3 is 14.4 Å². The monoisotopic (exact) mass is 335 g/mol. The molecule has 0 spiro atoms. The van der Waals surface area contributed by atoms with Crippen LogP contribution in [0, 0.1) is 18.6 Å². The summed E-state index contributed by atoms with van der Waals surface area (Å²) in [4.78, 5) is 22.5. The van der Waals surface area contributed by atoms with Gasteiger partial charge in [-0.3, -0.25) is 4.79 Å². The van der Waals surface area contributed by atoms with Gasteiger partial charge in [-0.05, 0) is 25.1 Å². The van der Waals surface area contributed by atoms with Gasteiger partial charge >= 0.3 is 5.97 Å². The third kappa shape index (κ3) is 4.52. The number of aromatic nitrogens is 1. The minimum Gasteiger partial charge on any atom is -0.489 e. The Morgan fingerprint density at radius 2 is 2.04 bits per heavy atom. The van der Waals surface area contributed by atoms with Gasteiger partial charge in [0.2, 0.25) is 0 Å². The normalized spacial score (nSPS) is 11.0. The Balaban J connectivity index is 2.12. The van der Waals surface area contributed by atoms with E-state index < -0.39 is 17.6 Å². The summed E-state index contributed by atoms with van der Waals surface area (Å²) in [5.74, 6) is -2.25. The third-order valence-electron chi connectivity index (χ3n) is 3.27. The van der Waals surface area contributed by atoms with Crippen molar-refractivity contribution >= 4 is 5.97 Å². The number of pyridine rings is 1. The average Bonchev–Trinajstić information content (AvgIpc) is 2.49.